The van der Waals surface area contributed by atoms with Crippen molar-refractivity contribution in [3.8, 4) is 0 Å². The number of rotatable bonds is 1. The fourth-order valence-corrected chi connectivity index (χ4v) is 1.96. The molecule has 2 N–H and O–H groups in total. The lowest BCUT2D eigenvalue weighted by molar-refractivity contribution is -0.137. The van der Waals surface area contributed by atoms with Crippen LogP contribution < -0.4 is 5.32 Å². The molecule has 0 aromatic heterocycles. The van der Waals surface area contributed by atoms with E-state index in [1.165, 1.54) is 7.11 Å². The summed E-state index contributed by atoms with van der Waals surface area (Å²) in [4.78, 5) is 22.7. The normalized spacial score (nSPS) is 31.9. The minimum atomic E-state index is -0.879. The summed E-state index contributed by atoms with van der Waals surface area (Å²) in [6.45, 7) is 3.44. The summed E-state index contributed by atoms with van der Waals surface area (Å²) >= 11 is 0. The van der Waals surface area contributed by atoms with Crippen molar-refractivity contribution in [2.24, 2.45) is 0 Å². The molecule has 0 aromatic rings. The van der Waals surface area contributed by atoms with E-state index >= 15 is 0 Å². The number of hydrogen-bond acceptors (Lipinski definition) is 5. The Morgan fingerprint density at radius 2 is 2.41 bits per heavy atom. The van der Waals surface area contributed by atoms with E-state index in [0.717, 1.165) is 0 Å². The number of aliphatic hydroxyl groups excluding tert-OH is 1. The molecule has 92 valence electrons. The highest BCUT2D eigenvalue weighted by atomic mass is 16.5. The van der Waals surface area contributed by atoms with E-state index in [-0.39, 0.29) is 12.2 Å². The Bertz CT molecular complexity index is 414. The zero-order valence-corrected chi connectivity index (χ0v) is 9.30. The first-order valence-corrected chi connectivity index (χ1v) is 5.16. The number of ether oxygens (including phenoxy) is 2. The van der Waals surface area contributed by atoms with Crippen molar-refractivity contribution in [2.75, 3.05) is 7.11 Å². The predicted octanol–water partition coefficient (Wildman–Crippen LogP) is -0.752. The fraction of sp³-hybridized carbons (Fsp3) is 0.455. The Hall–Kier alpha value is -1.82. The molecule has 1 unspecified atom stereocenters. The lowest BCUT2D eigenvalue weighted by Crippen LogP contribution is -2.57. The van der Waals surface area contributed by atoms with E-state index < -0.39 is 30.1 Å². The summed E-state index contributed by atoms with van der Waals surface area (Å²) < 4.78 is 9.83. The van der Waals surface area contributed by atoms with Gasteiger partial charge in [0.2, 0.25) is 0 Å². The Balaban J connectivity index is 2.24. The van der Waals surface area contributed by atoms with Crippen LogP contribution in [-0.4, -0.2) is 42.3 Å². The maximum atomic E-state index is 11.4. The van der Waals surface area contributed by atoms with Crippen molar-refractivity contribution in [1.82, 2.24) is 5.32 Å². The molecular weight excluding hydrogens is 226 g/mol. The standard InChI is InChI=1S/C11H13NO5/c1-5-10(14)12-9-7(13)3-6(11(15)16-2)4-8(9)17-5/h4,7-9,13H,1,3H2,2H3,(H,12,14)/t7-,8?,9+/m0/s1. The van der Waals surface area contributed by atoms with Crippen LogP contribution in [0.3, 0.4) is 0 Å². The monoisotopic (exact) mass is 239 g/mol. The first-order chi connectivity index (χ1) is 8.02. The molecule has 1 fully saturated rings. The number of hydrogen-bond donors (Lipinski definition) is 2. The van der Waals surface area contributed by atoms with E-state index in [0.29, 0.717) is 5.57 Å². The quantitative estimate of drug-likeness (QED) is 0.464. The molecule has 0 bridgehead atoms. The number of nitrogens with one attached hydrogen (secondary N) is 1. The molecule has 3 atom stereocenters. The van der Waals surface area contributed by atoms with Gasteiger partial charge in [0.1, 0.15) is 6.10 Å². The number of aliphatic hydroxyl groups is 1. The zero-order chi connectivity index (χ0) is 12.6. The van der Waals surface area contributed by atoms with Gasteiger partial charge in [-0.2, -0.15) is 0 Å². The van der Waals surface area contributed by atoms with Gasteiger partial charge in [-0.1, -0.05) is 6.58 Å². The van der Waals surface area contributed by atoms with Gasteiger partial charge < -0.3 is 19.9 Å². The second-order valence-corrected chi connectivity index (χ2v) is 3.96. The fourth-order valence-electron chi connectivity index (χ4n) is 1.96. The first-order valence-electron chi connectivity index (χ1n) is 5.16. The van der Waals surface area contributed by atoms with Crippen LogP contribution in [-0.2, 0) is 19.1 Å². The highest BCUT2D eigenvalue weighted by Gasteiger charge is 2.40. The summed E-state index contributed by atoms with van der Waals surface area (Å²) in [5.41, 5.74) is 0.338. The Morgan fingerprint density at radius 1 is 1.71 bits per heavy atom. The summed E-state index contributed by atoms with van der Waals surface area (Å²) in [6, 6.07) is -0.554. The van der Waals surface area contributed by atoms with Gasteiger partial charge in [-0.3, -0.25) is 4.79 Å². The van der Waals surface area contributed by atoms with Crippen LogP contribution in [0.15, 0.2) is 24.0 Å². The molecule has 6 nitrogen and oxygen atoms in total. The van der Waals surface area contributed by atoms with Crippen LogP contribution in [0.25, 0.3) is 0 Å². The Labute approximate surface area is 97.9 Å². The van der Waals surface area contributed by atoms with Gasteiger partial charge in [-0.25, -0.2) is 4.79 Å². The smallest absolute Gasteiger partial charge is 0.333 e. The molecular formula is C11H13NO5. The SMILES string of the molecule is C=C1OC2C=C(C(=O)OC)C[C@H](O)[C@H]2NC1=O. The number of carbonyl (C=O) groups is 2. The van der Waals surface area contributed by atoms with Crippen molar-refractivity contribution in [3.05, 3.63) is 24.0 Å². The molecule has 1 heterocycles. The molecule has 17 heavy (non-hydrogen) atoms. The van der Waals surface area contributed by atoms with E-state index in [9.17, 15) is 14.7 Å². The molecule has 6 heteroatoms. The van der Waals surface area contributed by atoms with Gasteiger partial charge >= 0.3 is 5.97 Å². The third-order valence-electron chi connectivity index (χ3n) is 2.84. The predicted molar refractivity (Wildman–Crippen MR) is 56.7 cm³/mol. The second-order valence-electron chi connectivity index (χ2n) is 3.96. The molecule has 1 amide bonds. The van der Waals surface area contributed by atoms with E-state index in [1.807, 2.05) is 0 Å². The van der Waals surface area contributed by atoms with Crippen LogP contribution in [0.5, 0.6) is 0 Å². The second kappa shape index (κ2) is 4.21. The minimum Gasteiger partial charge on any atom is -0.479 e. The molecule has 2 rings (SSSR count). The summed E-state index contributed by atoms with van der Waals surface area (Å²) in [7, 11) is 1.27. The number of carbonyl (C=O) groups excluding carboxylic acids is 2. The highest BCUT2D eigenvalue weighted by Crippen LogP contribution is 2.26. The lowest BCUT2D eigenvalue weighted by atomic mass is 9.89. The van der Waals surface area contributed by atoms with E-state index in [1.54, 1.807) is 6.08 Å². The third-order valence-corrected chi connectivity index (χ3v) is 2.84. The van der Waals surface area contributed by atoms with Gasteiger partial charge in [0, 0.05) is 12.0 Å². The van der Waals surface area contributed by atoms with Crippen molar-refractivity contribution in [1.29, 1.82) is 0 Å². The maximum absolute atomic E-state index is 11.4. The van der Waals surface area contributed by atoms with Gasteiger partial charge in [0.15, 0.2) is 5.76 Å². The minimum absolute atomic E-state index is 0.0270. The topological polar surface area (TPSA) is 84.9 Å². The molecule has 0 aromatic carbocycles. The van der Waals surface area contributed by atoms with Gasteiger partial charge in [0.25, 0.3) is 5.91 Å². The molecule has 1 saturated heterocycles. The summed E-state index contributed by atoms with van der Waals surface area (Å²) in [5, 5.41) is 12.4. The lowest BCUT2D eigenvalue weighted by Gasteiger charge is -2.38. The van der Waals surface area contributed by atoms with Crippen molar-refractivity contribution in [3.63, 3.8) is 0 Å². The highest BCUT2D eigenvalue weighted by molar-refractivity contribution is 5.93. The summed E-state index contributed by atoms with van der Waals surface area (Å²) in [6.07, 6.45) is 0.215. The molecule has 0 radical (unpaired) electrons. The van der Waals surface area contributed by atoms with Crippen molar-refractivity contribution < 1.29 is 24.2 Å². The zero-order valence-electron chi connectivity index (χ0n) is 9.30. The van der Waals surface area contributed by atoms with Gasteiger partial charge in [-0.05, 0) is 6.08 Å². The summed E-state index contributed by atoms with van der Waals surface area (Å²) in [5.74, 6) is -0.977. The van der Waals surface area contributed by atoms with Crippen LogP contribution in [0.1, 0.15) is 6.42 Å². The maximum Gasteiger partial charge on any atom is 0.333 e. The van der Waals surface area contributed by atoms with Crippen LogP contribution in [0.2, 0.25) is 0 Å². The number of methoxy groups -OCH3 is 1. The number of amides is 1. The molecule has 0 saturated carbocycles. The number of fused-ring (bicyclic) bond motifs is 1. The molecule has 1 aliphatic carbocycles. The van der Waals surface area contributed by atoms with Crippen LogP contribution in [0.4, 0.5) is 0 Å². The largest absolute Gasteiger partial charge is 0.479 e. The number of morpholine rings is 1. The Morgan fingerprint density at radius 3 is 3.06 bits per heavy atom. The molecule has 1 aliphatic heterocycles. The van der Waals surface area contributed by atoms with Gasteiger partial charge in [-0.15, -0.1) is 0 Å². The van der Waals surface area contributed by atoms with E-state index in [2.05, 4.69) is 16.6 Å². The van der Waals surface area contributed by atoms with Crippen LogP contribution >= 0.6 is 0 Å². The van der Waals surface area contributed by atoms with Gasteiger partial charge in [0.05, 0.1) is 19.3 Å². The first kappa shape index (κ1) is 11.7. The average Bonchev–Trinajstić information content (AvgIpc) is 2.30. The third kappa shape index (κ3) is 2.03. The van der Waals surface area contributed by atoms with Crippen molar-refractivity contribution >= 4 is 11.9 Å². The van der Waals surface area contributed by atoms with Crippen LogP contribution in [0, 0.1) is 0 Å². The molecule has 2 aliphatic rings. The Kier molecular flexibility index (Phi) is 2.89. The van der Waals surface area contributed by atoms with Crippen molar-refractivity contribution in [2.45, 2.75) is 24.7 Å². The van der Waals surface area contributed by atoms with E-state index in [4.69, 9.17) is 4.74 Å². The average molecular weight is 239 g/mol. The number of esters is 1. The molecule has 0 spiro atoms.